The Morgan fingerprint density at radius 1 is 0.218 bits per heavy atom. The summed E-state index contributed by atoms with van der Waals surface area (Å²) in [5.41, 5.74) is 0. The topological polar surface area (TPSA) is 361 Å². The molecule has 0 saturated heterocycles. The monoisotopic (exact) mass is 1220 g/mol. The Morgan fingerprint density at radius 3 is 0.372 bits per heavy atom. The molecule has 0 aromatic carbocycles. The van der Waals surface area contributed by atoms with Crippen molar-refractivity contribution in [2.24, 2.45) is 0 Å². The van der Waals surface area contributed by atoms with Gasteiger partial charge in [0.05, 0.1) is 0 Å². The standard InChI is InChI=1S/3C18H36O2.3Al.3H2O4S/c3*1-2-3-4-5-6-7-8-9-10-11-12-13-14-15-16-17-18(19)20;;;;3*1-5(2,3)4/h3*2-17H2,1H3,(H,19,20);;;;3*(H2,1,2,3,4)/q;;;3*+3;;;/p-9. The first kappa shape index (κ1) is 96.8. The SMILES string of the molecule is CCCCCCCCCCCCCCCCCC(=O)[O-].CCCCCCCCCCCCCCCCCC(=O)[O-].CCCCCCCCCCCCCCCCCC(=O)[O-].O=S(=O)([O-])[O-].O=S(=O)([O-])[O-].O=S(=O)([O-])[O-].[Al+3].[Al+3].[Al+3]. The van der Waals surface area contributed by atoms with E-state index in [0.717, 1.165) is 38.5 Å². The summed E-state index contributed by atoms with van der Waals surface area (Å²) in [5, 5.41) is 30.7. The van der Waals surface area contributed by atoms with Crippen LogP contribution < -0.4 is 15.3 Å². The minimum Gasteiger partial charge on any atom is -0.759 e. The van der Waals surface area contributed by atoms with E-state index < -0.39 is 49.1 Å². The fourth-order valence-corrected chi connectivity index (χ4v) is 7.92. The zero-order valence-electron chi connectivity index (χ0n) is 48.7. The average Bonchev–Trinajstić information content (AvgIpc) is 3.29. The summed E-state index contributed by atoms with van der Waals surface area (Å²) in [7, 11) is -15.5. The molecule has 0 heterocycles. The summed E-state index contributed by atoms with van der Waals surface area (Å²) in [6.45, 7) is 6.80. The van der Waals surface area contributed by atoms with E-state index in [1.165, 1.54) is 250 Å². The molecule has 0 bridgehead atoms. The number of carboxylic acid groups (broad SMARTS) is 3. The van der Waals surface area contributed by atoms with Gasteiger partial charge in [-0.05, 0) is 38.5 Å². The third kappa shape index (κ3) is 164. The van der Waals surface area contributed by atoms with Gasteiger partial charge in [0.2, 0.25) is 0 Å². The molecule has 0 aromatic heterocycles. The Kier molecular flexibility index (Phi) is 97.6. The molecular weight excluding hydrogens is 1110 g/mol. The van der Waals surface area contributed by atoms with Gasteiger partial charge in [0.25, 0.3) is 0 Å². The van der Waals surface area contributed by atoms with E-state index in [-0.39, 0.29) is 71.3 Å². The van der Waals surface area contributed by atoms with Crippen LogP contribution in [0, 0.1) is 0 Å². The molecule has 0 amide bonds. The van der Waals surface area contributed by atoms with Crippen LogP contribution in [-0.2, 0) is 45.6 Å². The molecule has 0 aliphatic carbocycles. The molecule has 0 aliphatic rings. The zero-order chi connectivity index (χ0) is 58.2. The largest absolute Gasteiger partial charge is 3.00 e. The van der Waals surface area contributed by atoms with Crippen molar-refractivity contribution in [1.29, 1.82) is 0 Å². The number of rotatable bonds is 48. The molecular formula is C54H105Al3O18S3. The predicted molar refractivity (Wildman–Crippen MR) is 302 cm³/mol. The molecule has 0 rings (SSSR count). The summed E-state index contributed by atoms with van der Waals surface area (Å²) >= 11 is 0. The van der Waals surface area contributed by atoms with Gasteiger partial charge < -0.3 is 57.0 Å². The molecule has 0 radical (unpaired) electrons. The van der Waals surface area contributed by atoms with E-state index in [1.54, 1.807) is 0 Å². The van der Waals surface area contributed by atoms with Crippen LogP contribution in [0.25, 0.3) is 0 Å². The molecule has 0 aromatic rings. The number of aliphatic carboxylic acids is 3. The van der Waals surface area contributed by atoms with Gasteiger partial charge >= 0.3 is 52.1 Å². The van der Waals surface area contributed by atoms with E-state index >= 15 is 0 Å². The van der Waals surface area contributed by atoms with Crippen molar-refractivity contribution in [3.8, 4) is 0 Å². The van der Waals surface area contributed by atoms with Crippen molar-refractivity contribution in [2.45, 2.75) is 329 Å². The van der Waals surface area contributed by atoms with Gasteiger partial charge in [-0.2, -0.15) is 0 Å². The van der Waals surface area contributed by atoms with Crippen LogP contribution in [0.15, 0.2) is 0 Å². The minimum atomic E-state index is -5.17. The van der Waals surface area contributed by atoms with Crippen LogP contribution in [-0.4, -0.2) is 123 Å². The molecule has 0 atom stereocenters. The Balaban J connectivity index is -0.000000113. The summed E-state index contributed by atoms with van der Waals surface area (Å²) in [6, 6.07) is 0. The number of hydrogen-bond donors (Lipinski definition) is 0. The van der Waals surface area contributed by atoms with Crippen LogP contribution in [0.1, 0.15) is 329 Å². The van der Waals surface area contributed by atoms with Crippen molar-refractivity contribution in [3.05, 3.63) is 0 Å². The van der Waals surface area contributed by atoms with Gasteiger partial charge in [-0.15, -0.1) is 0 Å². The number of carbonyl (C=O) groups excluding carboxylic acids is 3. The van der Waals surface area contributed by atoms with Crippen LogP contribution >= 0.6 is 0 Å². The summed E-state index contributed by atoms with van der Waals surface area (Å²) in [6.07, 6.45) is 59.6. The third-order valence-corrected chi connectivity index (χ3v) is 12.0. The van der Waals surface area contributed by atoms with Crippen LogP contribution in [0.2, 0.25) is 0 Å². The first-order valence-electron chi connectivity index (χ1n) is 28.9. The van der Waals surface area contributed by atoms with Crippen LogP contribution in [0.3, 0.4) is 0 Å². The van der Waals surface area contributed by atoms with Crippen molar-refractivity contribution in [1.82, 2.24) is 0 Å². The maximum atomic E-state index is 10.2. The Bertz CT molecular complexity index is 1310. The van der Waals surface area contributed by atoms with E-state index in [9.17, 15) is 29.7 Å². The van der Waals surface area contributed by atoms with E-state index in [4.69, 9.17) is 52.6 Å². The fourth-order valence-electron chi connectivity index (χ4n) is 7.92. The molecule has 18 nitrogen and oxygen atoms in total. The summed E-state index contributed by atoms with van der Waals surface area (Å²) < 4.78 is 102. The Labute approximate surface area is 508 Å². The van der Waals surface area contributed by atoms with E-state index in [0.29, 0.717) is 0 Å². The van der Waals surface area contributed by atoms with Crippen LogP contribution in [0.5, 0.6) is 0 Å². The van der Waals surface area contributed by atoms with E-state index in [1.807, 2.05) is 0 Å². The molecule has 456 valence electrons. The number of unbranched alkanes of at least 4 members (excludes halogenated alkanes) is 42. The quantitative estimate of drug-likeness (QED) is 0.0236. The van der Waals surface area contributed by atoms with Crippen molar-refractivity contribution in [2.75, 3.05) is 0 Å². The van der Waals surface area contributed by atoms with Gasteiger partial charge in [-0.1, -0.05) is 290 Å². The maximum Gasteiger partial charge on any atom is 3.00 e. The average molecular weight is 1220 g/mol. The molecule has 0 saturated carbocycles. The number of carbonyl (C=O) groups is 3. The summed E-state index contributed by atoms with van der Waals surface area (Å²) in [5.74, 6) is -2.71. The smallest absolute Gasteiger partial charge is 0.759 e. The Hall–Kier alpha value is -0.383. The molecule has 0 N–H and O–H groups in total. The molecule has 0 fully saturated rings. The molecule has 0 unspecified atom stereocenters. The van der Waals surface area contributed by atoms with Gasteiger partial charge in [0, 0.05) is 49.1 Å². The molecule has 24 heteroatoms. The second-order valence-corrected chi connectivity index (χ2v) is 21.9. The zero-order valence-corrected chi connectivity index (χ0v) is 54.7. The first-order valence-corrected chi connectivity index (χ1v) is 32.9. The molecule has 0 aliphatic heterocycles. The van der Waals surface area contributed by atoms with Gasteiger partial charge in [-0.3, -0.25) is 25.3 Å². The maximum absolute atomic E-state index is 10.2. The Morgan fingerprint density at radius 2 is 0.295 bits per heavy atom. The van der Waals surface area contributed by atoms with Gasteiger partial charge in [0.15, 0.2) is 0 Å². The predicted octanol–water partition coefficient (Wildman–Crippen LogP) is 9.84. The minimum absolute atomic E-state index is 0. The summed E-state index contributed by atoms with van der Waals surface area (Å²) in [4.78, 5) is 30.7. The van der Waals surface area contributed by atoms with Gasteiger partial charge in [0.1, 0.15) is 0 Å². The van der Waals surface area contributed by atoms with Crippen LogP contribution in [0.4, 0.5) is 0 Å². The normalized spacial score (nSPS) is 10.6. The number of hydrogen-bond acceptors (Lipinski definition) is 18. The van der Waals surface area contributed by atoms with Crippen molar-refractivity contribution < 1.29 is 82.3 Å². The van der Waals surface area contributed by atoms with E-state index in [2.05, 4.69) is 20.8 Å². The molecule has 78 heavy (non-hydrogen) atoms. The third-order valence-electron chi connectivity index (χ3n) is 12.0. The first-order chi connectivity index (χ1) is 35.3. The second-order valence-electron chi connectivity index (χ2n) is 19.4. The number of carboxylic acids is 3. The van der Waals surface area contributed by atoms with Gasteiger partial charge in [-0.25, -0.2) is 0 Å². The van der Waals surface area contributed by atoms with Crippen molar-refractivity contribution in [3.63, 3.8) is 0 Å². The van der Waals surface area contributed by atoms with Crippen molar-refractivity contribution >= 4 is 101 Å². The second kappa shape index (κ2) is 78.7. The fraction of sp³-hybridized carbons (Fsp3) is 0.944. The molecule has 0 spiro atoms.